The van der Waals surface area contributed by atoms with Gasteiger partial charge in [0.05, 0.1) is 5.92 Å². The lowest BCUT2D eigenvalue weighted by molar-refractivity contribution is -0.148. The fraction of sp³-hybridized carbons (Fsp3) is 0.933. The lowest BCUT2D eigenvalue weighted by atomic mass is 9.84. The van der Waals surface area contributed by atoms with E-state index in [9.17, 15) is 4.79 Å². The molecule has 0 aliphatic carbocycles. The van der Waals surface area contributed by atoms with Crippen molar-refractivity contribution in [1.29, 1.82) is 0 Å². The van der Waals surface area contributed by atoms with Crippen LogP contribution in [0.25, 0.3) is 0 Å². The average molecular weight is 304 g/mol. The van der Waals surface area contributed by atoms with Gasteiger partial charge in [-0.1, -0.05) is 47.2 Å². The Morgan fingerprint density at radius 1 is 1.26 bits per heavy atom. The third kappa shape index (κ3) is 3.18. The smallest absolute Gasteiger partial charge is 0.220 e. The minimum absolute atomic E-state index is 0.228. The van der Waals surface area contributed by atoms with Gasteiger partial charge in [-0.3, -0.25) is 4.79 Å². The Labute approximate surface area is 125 Å². The maximum atomic E-state index is 12.6. The van der Waals surface area contributed by atoms with Crippen LogP contribution in [0, 0.1) is 5.92 Å². The monoisotopic (exact) mass is 303 g/mol. The van der Waals surface area contributed by atoms with Crippen LogP contribution in [0.3, 0.4) is 0 Å². The molecular weight excluding hydrogens is 274 g/mol. The van der Waals surface area contributed by atoms with E-state index in [1.54, 1.807) is 0 Å². The molecule has 0 radical (unpaired) electrons. The van der Waals surface area contributed by atoms with E-state index >= 15 is 0 Å². The topological polar surface area (TPSA) is 20.3 Å². The Hall–Kier alpha value is -0.0231. The van der Waals surface area contributed by atoms with Crippen LogP contribution < -0.4 is 0 Å². The fourth-order valence-electron chi connectivity index (χ4n) is 2.89. The second kappa shape index (κ2) is 6.17. The predicted molar refractivity (Wildman–Crippen MR) is 86.2 cm³/mol. The molecule has 1 saturated heterocycles. The van der Waals surface area contributed by atoms with Gasteiger partial charge in [-0.05, 0) is 24.3 Å². The summed E-state index contributed by atoms with van der Waals surface area (Å²) in [5.74, 6) is 1.31. The number of hydrogen-bond donors (Lipinski definition) is 0. The van der Waals surface area contributed by atoms with E-state index in [0.29, 0.717) is 17.8 Å². The van der Waals surface area contributed by atoms with E-state index in [2.05, 4.69) is 45.4 Å². The molecule has 1 amide bonds. The first-order valence-corrected chi connectivity index (χ1v) is 11.1. The van der Waals surface area contributed by atoms with Crippen molar-refractivity contribution in [2.75, 3.05) is 5.88 Å². The van der Waals surface area contributed by atoms with Crippen LogP contribution in [0.15, 0.2) is 0 Å². The highest BCUT2D eigenvalue weighted by atomic mass is 35.5. The number of carbonyl (C=O) groups is 1. The summed E-state index contributed by atoms with van der Waals surface area (Å²) in [7, 11) is -1.72. The number of halogens is 1. The Bertz CT molecular complexity index is 325. The molecule has 1 aliphatic heterocycles. The molecule has 1 aliphatic rings. The summed E-state index contributed by atoms with van der Waals surface area (Å²) in [6, 6.07) is 0.474. The highest BCUT2D eigenvalue weighted by Gasteiger charge is 2.56. The van der Waals surface area contributed by atoms with Crippen molar-refractivity contribution < 1.29 is 4.79 Å². The molecule has 2 unspecified atom stereocenters. The molecule has 4 heteroatoms. The van der Waals surface area contributed by atoms with E-state index in [1.807, 2.05) is 0 Å². The molecule has 0 bridgehead atoms. The second-order valence-corrected chi connectivity index (χ2v) is 12.8. The number of alkyl halides is 1. The molecule has 0 aromatic carbocycles. The number of nitrogens with zero attached hydrogens (tertiary/aromatic N) is 1. The first-order valence-electron chi connectivity index (χ1n) is 7.57. The summed E-state index contributed by atoms with van der Waals surface area (Å²) < 4.78 is 2.29. The van der Waals surface area contributed by atoms with Gasteiger partial charge in [0.1, 0.15) is 0 Å². The highest BCUT2D eigenvalue weighted by Crippen LogP contribution is 2.46. The quantitative estimate of drug-likeness (QED) is 0.398. The van der Waals surface area contributed by atoms with Crippen molar-refractivity contribution in [1.82, 2.24) is 4.57 Å². The molecule has 19 heavy (non-hydrogen) atoms. The Kier molecular flexibility index (Phi) is 5.53. The molecule has 0 N–H and O–H groups in total. The number of rotatable bonds is 6. The molecule has 1 fully saturated rings. The first kappa shape index (κ1) is 17.0. The highest BCUT2D eigenvalue weighted by molar-refractivity contribution is 6.80. The van der Waals surface area contributed by atoms with Gasteiger partial charge in [-0.2, -0.15) is 0 Å². The molecule has 0 saturated carbocycles. The van der Waals surface area contributed by atoms with Crippen LogP contribution in [0.2, 0.25) is 18.1 Å². The van der Waals surface area contributed by atoms with Crippen molar-refractivity contribution in [2.24, 2.45) is 5.92 Å². The van der Waals surface area contributed by atoms with Crippen molar-refractivity contribution in [3.8, 4) is 0 Å². The van der Waals surface area contributed by atoms with Crippen LogP contribution in [0.1, 0.15) is 53.4 Å². The summed E-state index contributed by atoms with van der Waals surface area (Å²) in [4.78, 5) is 12.6. The van der Waals surface area contributed by atoms with Crippen LogP contribution >= 0.6 is 11.6 Å². The Morgan fingerprint density at radius 3 is 2.26 bits per heavy atom. The minimum atomic E-state index is -1.72. The summed E-state index contributed by atoms with van der Waals surface area (Å²) in [6.45, 7) is 13.7. The number of hydrogen-bond acceptors (Lipinski definition) is 1. The molecule has 112 valence electrons. The van der Waals surface area contributed by atoms with Crippen molar-refractivity contribution in [3.63, 3.8) is 0 Å². The maximum Gasteiger partial charge on any atom is 0.220 e. The molecule has 1 heterocycles. The Morgan fingerprint density at radius 2 is 1.84 bits per heavy atom. The summed E-state index contributed by atoms with van der Waals surface area (Å²) >= 11 is 5.78. The zero-order valence-electron chi connectivity index (χ0n) is 13.4. The summed E-state index contributed by atoms with van der Waals surface area (Å²) in [5.41, 5.74) is 0. The summed E-state index contributed by atoms with van der Waals surface area (Å²) in [5, 5.41) is 0.228. The van der Waals surface area contributed by atoms with Crippen LogP contribution in [-0.4, -0.2) is 30.6 Å². The summed E-state index contributed by atoms with van der Waals surface area (Å²) in [6.07, 6.45) is 4.23. The number of amides is 1. The van der Waals surface area contributed by atoms with Crippen molar-refractivity contribution >= 4 is 25.7 Å². The molecule has 0 aromatic heterocycles. The molecule has 2 atom stereocenters. The van der Waals surface area contributed by atoms with Crippen LogP contribution in [0.4, 0.5) is 0 Å². The minimum Gasteiger partial charge on any atom is -0.365 e. The van der Waals surface area contributed by atoms with Gasteiger partial charge in [-0.15, -0.1) is 11.6 Å². The van der Waals surface area contributed by atoms with Gasteiger partial charge < -0.3 is 4.57 Å². The Balaban J connectivity index is 2.87. The van der Waals surface area contributed by atoms with Gasteiger partial charge in [0.25, 0.3) is 0 Å². The van der Waals surface area contributed by atoms with E-state index in [-0.39, 0.29) is 11.0 Å². The third-order valence-corrected chi connectivity index (χ3v) is 10.7. The first-order chi connectivity index (χ1) is 8.68. The normalized spacial score (nSPS) is 24.6. The van der Waals surface area contributed by atoms with Crippen LogP contribution in [-0.2, 0) is 4.79 Å². The van der Waals surface area contributed by atoms with E-state index < -0.39 is 8.24 Å². The van der Waals surface area contributed by atoms with Crippen LogP contribution in [0.5, 0.6) is 0 Å². The molecular formula is C15H30ClNOSi. The van der Waals surface area contributed by atoms with Gasteiger partial charge in [0, 0.05) is 11.9 Å². The lowest BCUT2D eigenvalue weighted by Gasteiger charge is -2.59. The van der Waals surface area contributed by atoms with Gasteiger partial charge in [-0.25, -0.2) is 0 Å². The molecule has 0 aromatic rings. The maximum absolute atomic E-state index is 12.6. The largest absolute Gasteiger partial charge is 0.365 e. The fourth-order valence-corrected chi connectivity index (χ4v) is 5.63. The third-order valence-electron chi connectivity index (χ3n) is 5.02. The van der Waals surface area contributed by atoms with E-state index in [4.69, 9.17) is 11.6 Å². The van der Waals surface area contributed by atoms with Gasteiger partial charge in [0.15, 0.2) is 8.24 Å². The predicted octanol–water partition coefficient (Wildman–Crippen LogP) is 4.64. The number of β-lactam (4-membered cyclic amide) rings is 1. The van der Waals surface area contributed by atoms with E-state index in [0.717, 1.165) is 25.7 Å². The van der Waals surface area contributed by atoms with Crippen molar-refractivity contribution in [2.45, 2.75) is 77.6 Å². The van der Waals surface area contributed by atoms with Gasteiger partial charge >= 0.3 is 0 Å². The number of carbonyl (C=O) groups excluding carboxylic acids is 1. The van der Waals surface area contributed by atoms with E-state index in [1.165, 1.54) is 0 Å². The SMILES string of the molecule is CCCC1C(CCCCl)C(=O)N1[Si](C)(C)C(C)(C)C. The second-order valence-electron chi connectivity index (χ2n) is 7.31. The van der Waals surface area contributed by atoms with Crippen molar-refractivity contribution in [3.05, 3.63) is 0 Å². The standard InChI is InChI=1S/C15H30ClNOSi/c1-7-9-13-12(10-8-11-16)14(18)17(13)19(5,6)15(2,3)4/h12-13H,7-11H2,1-6H3. The lowest BCUT2D eigenvalue weighted by Crippen LogP contribution is -2.72. The molecule has 1 rings (SSSR count). The molecule has 0 spiro atoms. The molecule has 2 nitrogen and oxygen atoms in total. The zero-order chi connectivity index (χ0) is 14.8. The zero-order valence-corrected chi connectivity index (χ0v) is 15.2. The average Bonchev–Trinajstić information content (AvgIpc) is 2.27. The van der Waals surface area contributed by atoms with Gasteiger partial charge in [0.2, 0.25) is 5.91 Å².